The average Bonchev–Trinajstić information content (AvgIpc) is 2.85. The van der Waals surface area contributed by atoms with Crippen LogP contribution in [0.3, 0.4) is 0 Å². The summed E-state index contributed by atoms with van der Waals surface area (Å²) in [6.45, 7) is 1.65. The van der Waals surface area contributed by atoms with E-state index in [1.54, 1.807) is 13.3 Å². The third-order valence-electron chi connectivity index (χ3n) is 6.12. The Labute approximate surface area is 230 Å². The van der Waals surface area contributed by atoms with E-state index in [1.807, 2.05) is 48.6 Å². The summed E-state index contributed by atoms with van der Waals surface area (Å²) in [5.41, 5.74) is 7.15. The van der Waals surface area contributed by atoms with Crippen LogP contribution in [0.2, 0.25) is 0 Å². The molecule has 0 aliphatic heterocycles. The van der Waals surface area contributed by atoms with Crippen LogP contribution in [0.1, 0.15) is 37.2 Å². The van der Waals surface area contributed by atoms with Crippen LogP contribution < -0.4 is 21.1 Å². The number of ether oxygens (including phenoxy) is 1. The minimum atomic E-state index is 0. The zero-order valence-corrected chi connectivity index (χ0v) is 22.6. The smallest absolute Gasteiger partial charge is 0.185 e. The van der Waals surface area contributed by atoms with Gasteiger partial charge in [-0.3, -0.25) is 10.4 Å². The lowest BCUT2D eigenvalue weighted by molar-refractivity contribution is 0.283. The first-order chi connectivity index (χ1) is 16.1. The Bertz CT molecular complexity index is 1120. The van der Waals surface area contributed by atoms with Crippen LogP contribution in [0, 0.1) is 17.2 Å². The van der Waals surface area contributed by atoms with E-state index in [1.165, 1.54) is 0 Å². The van der Waals surface area contributed by atoms with Gasteiger partial charge in [-0.05, 0) is 80.0 Å². The lowest BCUT2D eigenvalue weighted by atomic mass is 9.82. The van der Waals surface area contributed by atoms with Crippen molar-refractivity contribution in [1.29, 1.82) is 5.41 Å². The Balaban J connectivity index is 0.00000216. The second kappa shape index (κ2) is 15.3. The Kier molecular flexibility index (Phi) is 13.3. The second-order valence-corrected chi connectivity index (χ2v) is 8.46. The molecule has 2 heterocycles. The maximum atomic E-state index is 7.33. The average molecular weight is 555 g/mol. The van der Waals surface area contributed by atoms with Gasteiger partial charge >= 0.3 is 0 Å². The number of hydrogen-bond donors (Lipinski definition) is 4. The van der Waals surface area contributed by atoms with E-state index in [4.69, 9.17) is 25.8 Å². The number of pyridine rings is 1. The van der Waals surface area contributed by atoms with Crippen molar-refractivity contribution in [3.05, 3.63) is 54.1 Å². The normalized spacial score (nSPS) is 16.8. The summed E-state index contributed by atoms with van der Waals surface area (Å²) < 4.78 is 5.42. The third kappa shape index (κ3) is 8.69. The lowest BCUT2D eigenvalue weighted by Gasteiger charge is -2.29. The van der Waals surface area contributed by atoms with Gasteiger partial charge in [0.25, 0.3) is 0 Å². The third-order valence-corrected chi connectivity index (χ3v) is 6.12. The fraction of sp³-hybridized carbons (Fsp3) is 0.360. The van der Waals surface area contributed by atoms with Gasteiger partial charge in [0.1, 0.15) is 11.6 Å². The monoisotopic (exact) mass is 553 g/mol. The summed E-state index contributed by atoms with van der Waals surface area (Å²) in [5.74, 6) is 3.46. The SMILES string of the molecule is COc1ccc2nc(C=Cc3ccccn3)nc(NC[C@H]3CC[C@@H](CNC(=N)N)CC3)c2c1.Cl.Cl.Cl. The summed E-state index contributed by atoms with van der Waals surface area (Å²) in [4.78, 5) is 13.8. The minimum Gasteiger partial charge on any atom is -0.497 e. The predicted molar refractivity (Wildman–Crippen MR) is 155 cm³/mol. The van der Waals surface area contributed by atoms with Gasteiger partial charge in [0, 0.05) is 24.7 Å². The number of aromatic nitrogens is 3. The van der Waals surface area contributed by atoms with Crippen LogP contribution in [0.15, 0.2) is 42.6 Å². The van der Waals surface area contributed by atoms with E-state index in [9.17, 15) is 0 Å². The predicted octanol–water partition coefficient (Wildman–Crippen LogP) is 5.17. The maximum absolute atomic E-state index is 7.33. The molecule has 11 heteroatoms. The molecule has 0 bridgehead atoms. The molecule has 5 N–H and O–H groups in total. The number of methoxy groups -OCH3 is 1. The van der Waals surface area contributed by atoms with Crippen LogP contribution in [0.5, 0.6) is 5.75 Å². The number of benzene rings is 1. The molecule has 36 heavy (non-hydrogen) atoms. The highest BCUT2D eigenvalue weighted by atomic mass is 35.5. The number of rotatable bonds is 8. The molecule has 1 aliphatic carbocycles. The van der Waals surface area contributed by atoms with Crippen molar-refractivity contribution in [2.75, 3.05) is 25.5 Å². The summed E-state index contributed by atoms with van der Waals surface area (Å²) in [5, 5.41) is 14.8. The Morgan fingerprint density at radius 3 is 2.39 bits per heavy atom. The Morgan fingerprint density at radius 2 is 1.75 bits per heavy atom. The first-order valence-corrected chi connectivity index (χ1v) is 11.4. The first-order valence-electron chi connectivity index (χ1n) is 11.4. The topological polar surface area (TPSA) is 122 Å². The van der Waals surface area contributed by atoms with Crippen LogP contribution in [-0.4, -0.2) is 41.1 Å². The van der Waals surface area contributed by atoms with E-state index >= 15 is 0 Å². The number of fused-ring (bicyclic) bond motifs is 1. The summed E-state index contributed by atoms with van der Waals surface area (Å²) in [6.07, 6.45) is 10.2. The standard InChI is InChI=1S/C25H31N7O.3ClH/c1-33-20-10-11-22-21(14-20)24(32-23(31-22)12-9-19-4-2-3-13-28-19)29-15-17-5-7-18(8-6-17)16-30-25(26)27;;;/h2-4,9-14,17-18H,5-8,15-16H2,1H3,(H4,26,27,30)(H,29,31,32);3*1H/t17-,18+;;;. The van der Waals surface area contributed by atoms with Gasteiger partial charge < -0.3 is 21.1 Å². The molecule has 0 atom stereocenters. The molecule has 3 aromatic rings. The molecule has 0 unspecified atom stereocenters. The molecule has 1 saturated carbocycles. The number of nitrogens with two attached hydrogens (primary N) is 1. The summed E-state index contributed by atoms with van der Waals surface area (Å²) in [7, 11) is 1.67. The first kappa shape index (κ1) is 31.2. The van der Waals surface area contributed by atoms with E-state index in [2.05, 4.69) is 15.6 Å². The lowest BCUT2D eigenvalue weighted by Crippen LogP contribution is -2.36. The van der Waals surface area contributed by atoms with Crippen molar-refractivity contribution < 1.29 is 4.74 Å². The number of guanidine groups is 1. The summed E-state index contributed by atoms with van der Waals surface area (Å²) in [6, 6.07) is 11.7. The highest BCUT2D eigenvalue weighted by molar-refractivity contribution is 5.91. The molecular formula is C25H34Cl3N7O. The quantitative estimate of drug-likeness (QED) is 0.224. The molecule has 0 radical (unpaired) electrons. The van der Waals surface area contributed by atoms with E-state index in [0.717, 1.165) is 66.9 Å². The van der Waals surface area contributed by atoms with E-state index in [-0.39, 0.29) is 43.2 Å². The maximum Gasteiger partial charge on any atom is 0.185 e. The number of nitrogens with one attached hydrogen (secondary N) is 3. The van der Waals surface area contributed by atoms with Gasteiger partial charge in [0.05, 0.1) is 18.3 Å². The molecule has 1 fully saturated rings. The van der Waals surface area contributed by atoms with E-state index < -0.39 is 0 Å². The van der Waals surface area contributed by atoms with Crippen LogP contribution >= 0.6 is 37.2 Å². The fourth-order valence-electron chi connectivity index (χ4n) is 4.23. The molecule has 1 aromatic carbocycles. The van der Waals surface area contributed by atoms with Gasteiger partial charge in [0.2, 0.25) is 0 Å². The van der Waals surface area contributed by atoms with Crippen LogP contribution in [0.25, 0.3) is 23.1 Å². The molecular weight excluding hydrogens is 521 g/mol. The zero-order chi connectivity index (χ0) is 23.0. The van der Waals surface area contributed by atoms with Crippen molar-refractivity contribution in [3.63, 3.8) is 0 Å². The van der Waals surface area contributed by atoms with Gasteiger partial charge in [-0.1, -0.05) is 6.07 Å². The van der Waals surface area contributed by atoms with Gasteiger partial charge in [-0.25, -0.2) is 9.97 Å². The molecule has 1 aliphatic rings. The van der Waals surface area contributed by atoms with Gasteiger partial charge in [0.15, 0.2) is 11.8 Å². The minimum absolute atomic E-state index is 0. The highest BCUT2D eigenvalue weighted by Gasteiger charge is 2.21. The number of halogens is 3. The largest absolute Gasteiger partial charge is 0.497 e. The number of hydrogen-bond acceptors (Lipinski definition) is 6. The van der Waals surface area contributed by atoms with E-state index in [0.29, 0.717) is 17.7 Å². The molecule has 0 saturated heterocycles. The van der Waals surface area contributed by atoms with Gasteiger partial charge in [-0.15, -0.1) is 37.2 Å². The summed E-state index contributed by atoms with van der Waals surface area (Å²) >= 11 is 0. The van der Waals surface area contributed by atoms with Gasteiger partial charge in [-0.2, -0.15) is 0 Å². The molecule has 0 spiro atoms. The molecule has 2 aromatic heterocycles. The zero-order valence-electron chi connectivity index (χ0n) is 20.1. The van der Waals surface area contributed by atoms with Crippen molar-refractivity contribution in [2.45, 2.75) is 25.7 Å². The highest BCUT2D eigenvalue weighted by Crippen LogP contribution is 2.30. The molecule has 8 nitrogen and oxygen atoms in total. The number of nitrogens with zero attached hydrogens (tertiary/aromatic N) is 3. The molecule has 4 rings (SSSR count). The Hall–Kier alpha value is -2.81. The number of anilines is 1. The van der Waals surface area contributed by atoms with Crippen molar-refractivity contribution in [1.82, 2.24) is 20.3 Å². The molecule has 0 amide bonds. The second-order valence-electron chi connectivity index (χ2n) is 8.46. The van der Waals surface area contributed by atoms with Crippen molar-refractivity contribution >= 4 is 72.1 Å². The molecule has 196 valence electrons. The van der Waals surface area contributed by atoms with Crippen LogP contribution in [-0.2, 0) is 0 Å². The Morgan fingerprint density at radius 1 is 1.03 bits per heavy atom. The van der Waals surface area contributed by atoms with Crippen molar-refractivity contribution in [3.8, 4) is 5.75 Å². The fourth-order valence-corrected chi connectivity index (χ4v) is 4.23. The van der Waals surface area contributed by atoms with Crippen LogP contribution in [0.4, 0.5) is 5.82 Å². The van der Waals surface area contributed by atoms with Crippen molar-refractivity contribution in [2.24, 2.45) is 17.6 Å².